The smallest absolute Gasteiger partial charge is 0.364 e. The molecule has 0 amide bonds. The molecule has 0 rings (SSSR count). The van der Waals surface area contributed by atoms with Crippen LogP contribution in [-0.2, 0) is 9.53 Å². The summed E-state index contributed by atoms with van der Waals surface area (Å²) in [6.07, 6.45) is -4.30. The average molecular weight is 196 g/mol. The van der Waals surface area contributed by atoms with Crippen molar-refractivity contribution in [3.8, 4) is 0 Å². The normalized spacial score (nSPS) is 11.4. The lowest BCUT2D eigenvalue weighted by molar-refractivity contribution is -0.175. The highest BCUT2D eigenvalue weighted by Gasteiger charge is 2.27. The third-order valence-electron chi connectivity index (χ3n) is 1.03. The average Bonchev–Trinajstić information content (AvgIpc) is 1.81. The summed E-state index contributed by atoms with van der Waals surface area (Å²) in [5.41, 5.74) is 0.612. The molecule has 0 saturated carbocycles. The van der Waals surface area contributed by atoms with Gasteiger partial charge < -0.3 is 4.74 Å². The van der Waals surface area contributed by atoms with Crippen LogP contribution in [0.25, 0.3) is 0 Å². The molecular formula is C8H11F3O2. The number of carbonyl (C=O) groups excluding carboxylic acids is 1. The van der Waals surface area contributed by atoms with Gasteiger partial charge in [-0.05, 0) is 6.92 Å². The highest BCUT2D eigenvalue weighted by Crippen LogP contribution is 2.14. The van der Waals surface area contributed by atoms with Crippen LogP contribution in [0, 0.1) is 0 Å². The van der Waals surface area contributed by atoms with Crippen molar-refractivity contribution < 1.29 is 22.7 Å². The fourth-order valence-corrected chi connectivity index (χ4v) is 0.668. The predicted molar refractivity (Wildman–Crippen MR) is 41.3 cm³/mol. The number of ketones is 1. The van der Waals surface area contributed by atoms with E-state index in [1.165, 1.54) is 0 Å². The molecule has 0 N–H and O–H groups in total. The minimum atomic E-state index is -4.37. The van der Waals surface area contributed by atoms with Gasteiger partial charge in [-0.15, -0.1) is 0 Å². The van der Waals surface area contributed by atoms with Gasteiger partial charge in [-0.3, -0.25) is 4.79 Å². The molecule has 0 aromatic carbocycles. The summed E-state index contributed by atoms with van der Waals surface area (Å²) in [6.45, 7) is 3.19. The van der Waals surface area contributed by atoms with Crippen molar-refractivity contribution in [2.24, 2.45) is 0 Å². The molecular weight excluding hydrogens is 185 g/mol. The summed E-state index contributed by atoms with van der Waals surface area (Å²) in [4.78, 5) is 10.8. The molecule has 0 aliphatic carbocycles. The molecule has 0 radical (unpaired) electrons. The van der Waals surface area contributed by atoms with Crippen LogP contribution in [0.3, 0.4) is 0 Å². The fourth-order valence-electron chi connectivity index (χ4n) is 0.668. The molecule has 0 aliphatic heterocycles. The molecule has 0 spiro atoms. The van der Waals surface area contributed by atoms with Crippen molar-refractivity contribution in [1.82, 2.24) is 0 Å². The summed E-state index contributed by atoms with van der Waals surface area (Å²) in [5.74, 6) is -0.392. The molecule has 0 atom stereocenters. The van der Waals surface area contributed by atoms with Gasteiger partial charge in [0, 0.05) is 6.42 Å². The van der Waals surface area contributed by atoms with Gasteiger partial charge in [0.1, 0.15) is 13.2 Å². The van der Waals surface area contributed by atoms with Crippen molar-refractivity contribution in [2.45, 2.75) is 19.5 Å². The Kier molecular flexibility index (Phi) is 4.69. The predicted octanol–water partition coefficient (Wildman–Crippen LogP) is 2.10. The molecule has 0 aromatic heterocycles. The summed E-state index contributed by atoms with van der Waals surface area (Å²) in [5, 5.41) is 0. The van der Waals surface area contributed by atoms with E-state index in [0.29, 0.717) is 5.57 Å². The van der Waals surface area contributed by atoms with Crippen LogP contribution in [0.2, 0.25) is 0 Å². The monoisotopic (exact) mass is 196 g/mol. The van der Waals surface area contributed by atoms with Gasteiger partial charge in [-0.25, -0.2) is 0 Å². The maximum Gasteiger partial charge on any atom is 0.411 e. The molecule has 0 fully saturated rings. The summed E-state index contributed by atoms with van der Waals surface area (Å²) >= 11 is 0. The van der Waals surface area contributed by atoms with Crippen LogP contribution in [-0.4, -0.2) is 25.2 Å². The maximum atomic E-state index is 11.5. The standard InChI is InChI=1S/C8H11F3O2/c1-6(2)3-7(12)4-13-5-8(9,10)11/h1,3-5H2,2H3. The third-order valence-corrected chi connectivity index (χ3v) is 1.03. The number of rotatable bonds is 5. The third kappa shape index (κ3) is 9.07. The van der Waals surface area contributed by atoms with Gasteiger partial charge in [0.15, 0.2) is 5.78 Å². The summed E-state index contributed by atoms with van der Waals surface area (Å²) < 4.78 is 38.7. The van der Waals surface area contributed by atoms with Crippen LogP contribution in [0.5, 0.6) is 0 Å². The Hall–Kier alpha value is -0.840. The Bertz CT molecular complexity index is 196. The number of ether oxygens (including phenoxy) is 1. The SMILES string of the molecule is C=C(C)CC(=O)COCC(F)(F)F. The number of alkyl halides is 3. The lowest BCUT2D eigenvalue weighted by atomic mass is 10.2. The summed E-state index contributed by atoms with van der Waals surface area (Å²) in [7, 11) is 0. The van der Waals surface area contributed by atoms with Gasteiger partial charge in [0.05, 0.1) is 0 Å². The van der Waals surface area contributed by atoms with E-state index in [2.05, 4.69) is 11.3 Å². The van der Waals surface area contributed by atoms with Crippen molar-refractivity contribution in [3.05, 3.63) is 12.2 Å². The fraction of sp³-hybridized carbons (Fsp3) is 0.625. The summed E-state index contributed by atoms with van der Waals surface area (Å²) in [6, 6.07) is 0. The topological polar surface area (TPSA) is 26.3 Å². The lowest BCUT2D eigenvalue weighted by Crippen LogP contribution is -2.20. The first-order chi connectivity index (χ1) is 5.81. The zero-order chi connectivity index (χ0) is 10.5. The van der Waals surface area contributed by atoms with E-state index in [1.54, 1.807) is 6.92 Å². The van der Waals surface area contributed by atoms with Gasteiger partial charge in [-0.2, -0.15) is 13.2 Å². The second kappa shape index (κ2) is 5.01. The van der Waals surface area contributed by atoms with Gasteiger partial charge in [0.25, 0.3) is 0 Å². The number of halogens is 3. The van der Waals surface area contributed by atoms with Gasteiger partial charge in [0.2, 0.25) is 0 Å². The molecule has 0 heterocycles. The minimum Gasteiger partial charge on any atom is -0.364 e. The number of allylic oxidation sites excluding steroid dienone is 1. The Morgan fingerprint density at radius 1 is 1.46 bits per heavy atom. The molecule has 0 aliphatic rings. The van der Waals surface area contributed by atoms with E-state index < -0.39 is 25.2 Å². The second-order valence-electron chi connectivity index (χ2n) is 2.78. The minimum absolute atomic E-state index is 0.0673. The van der Waals surface area contributed by atoms with E-state index in [9.17, 15) is 18.0 Å². The molecule has 13 heavy (non-hydrogen) atoms. The first-order valence-electron chi connectivity index (χ1n) is 3.62. The van der Waals surface area contributed by atoms with E-state index in [0.717, 1.165) is 0 Å². The number of hydrogen-bond donors (Lipinski definition) is 0. The van der Waals surface area contributed by atoms with Crippen LogP contribution >= 0.6 is 0 Å². The quantitative estimate of drug-likeness (QED) is 0.629. The number of carbonyl (C=O) groups is 1. The molecule has 5 heteroatoms. The molecule has 0 saturated heterocycles. The van der Waals surface area contributed by atoms with Crippen LogP contribution in [0.15, 0.2) is 12.2 Å². The Morgan fingerprint density at radius 2 is 2.00 bits per heavy atom. The highest BCUT2D eigenvalue weighted by molar-refractivity contribution is 5.81. The molecule has 0 aromatic rings. The maximum absolute atomic E-state index is 11.5. The molecule has 76 valence electrons. The first kappa shape index (κ1) is 12.2. The van der Waals surface area contributed by atoms with Crippen LogP contribution in [0.1, 0.15) is 13.3 Å². The van der Waals surface area contributed by atoms with E-state index >= 15 is 0 Å². The van der Waals surface area contributed by atoms with Gasteiger partial charge >= 0.3 is 6.18 Å². The Morgan fingerprint density at radius 3 is 2.38 bits per heavy atom. The Labute approximate surface area is 74.4 Å². The van der Waals surface area contributed by atoms with Crippen molar-refractivity contribution in [2.75, 3.05) is 13.2 Å². The molecule has 0 bridgehead atoms. The molecule has 0 unspecified atom stereocenters. The first-order valence-corrected chi connectivity index (χ1v) is 3.62. The van der Waals surface area contributed by atoms with E-state index in [-0.39, 0.29) is 6.42 Å². The van der Waals surface area contributed by atoms with Crippen molar-refractivity contribution in [1.29, 1.82) is 0 Å². The second-order valence-corrected chi connectivity index (χ2v) is 2.78. The van der Waals surface area contributed by atoms with E-state index in [4.69, 9.17) is 0 Å². The zero-order valence-electron chi connectivity index (χ0n) is 7.28. The number of hydrogen-bond acceptors (Lipinski definition) is 2. The van der Waals surface area contributed by atoms with Crippen LogP contribution < -0.4 is 0 Å². The largest absolute Gasteiger partial charge is 0.411 e. The van der Waals surface area contributed by atoms with Crippen molar-refractivity contribution in [3.63, 3.8) is 0 Å². The zero-order valence-corrected chi connectivity index (χ0v) is 7.28. The van der Waals surface area contributed by atoms with Gasteiger partial charge in [-0.1, -0.05) is 12.2 Å². The Balaban J connectivity index is 3.54. The van der Waals surface area contributed by atoms with Crippen molar-refractivity contribution >= 4 is 5.78 Å². The lowest BCUT2D eigenvalue weighted by Gasteiger charge is -2.06. The number of Topliss-reactive ketones (excluding diaryl/α,β-unsaturated/α-hetero) is 1. The highest BCUT2D eigenvalue weighted by atomic mass is 19.4. The van der Waals surface area contributed by atoms with Crippen LogP contribution in [0.4, 0.5) is 13.2 Å². The van der Waals surface area contributed by atoms with E-state index in [1.807, 2.05) is 0 Å². The molecule has 2 nitrogen and oxygen atoms in total.